The lowest BCUT2D eigenvalue weighted by Gasteiger charge is -2.20. The molecule has 0 spiro atoms. The number of nitrogens with two attached hydrogens (primary N) is 1. The molecular formula is C47H37N3. The van der Waals surface area contributed by atoms with Crippen LogP contribution < -0.4 is 5.73 Å². The molecule has 3 nitrogen and oxygen atoms in total. The zero-order chi connectivity index (χ0) is 34.3. The zero-order valence-electron chi connectivity index (χ0n) is 27.8. The lowest BCUT2D eigenvalue weighted by atomic mass is 9.90. The number of rotatable bonds is 10. The average Bonchev–Trinajstić information content (AvgIpc) is 3.19. The Morgan fingerprint density at radius 1 is 0.600 bits per heavy atom. The van der Waals surface area contributed by atoms with Crippen LogP contribution in [0.3, 0.4) is 0 Å². The molecular weight excluding hydrogens is 607 g/mol. The second-order valence-corrected chi connectivity index (χ2v) is 12.6. The van der Waals surface area contributed by atoms with Crippen molar-refractivity contribution in [2.75, 3.05) is 0 Å². The fourth-order valence-corrected chi connectivity index (χ4v) is 6.58. The van der Waals surface area contributed by atoms with E-state index in [-0.39, 0.29) is 12.1 Å². The lowest BCUT2D eigenvalue weighted by molar-refractivity contribution is 0.668. The Kier molecular flexibility index (Phi) is 9.56. The molecule has 2 atom stereocenters. The molecule has 0 saturated heterocycles. The predicted octanol–water partition coefficient (Wildman–Crippen LogP) is 11.5. The van der Waals surface area contributed by atoms with Gasteiger partial charge in [0.25, 0.3) is 0 Å². The fraction of sp³-hybridized carbons (Fsp3) is 0.0638. The summed E-state index contributed by atoms with van der Waals surface area (Å²) in [5.74, 6) is 0. The molecule has 0 aliphatic carbocycles. The molecule has 0 bridgehead atoms. The highest BCUT2D eigenvalue weighted by Gasteiger charge is 2.17. The monoisotopic (exact) mass is 643 g/mol. The predicted molar refractivity (Wildman–Crippen MR) is 209 cm³/mol. The van der Waals surface area contributed by atoms with Gasteiger partial charge in [0.15, 0.2) is 0 Å². The molecule has 0 heterocycles. The van der Waals surface area contributed by atoms with Crippen molar-refractivity contribution in [3.05, 3.63) is 204 Å². The van der Waals surface area contributed by atoms with E-state index in [4.69, 9.17) is 10.7 Å². The van der Waals surface area contributed by atoms with Crippen molar-refractivity contribution in [2.24, 2.45) is 10.7 Å². The number of benzene rings is 7. The third-order valence-corrected chi connectivity index (χ3v) is 9.25. The molecule has 7 aromatic carbocycles. The van der Waals surface area contributed by atoms with Gasteiger partial charge in [0.1, 0.15) is 0 Å². The summed E-state index contributed by atoms with van der Waals surface area (Å²) in [7, 11) is 0. The summed E-state index contributed by atoms with van der Waals surface area (Å²) < 4.78 is 0. The molecule has 0 amide bonds. The van der Waals surface area contributed by atoms with Gasteiger partial charge >= 0.3 is 0 Å². The van der Waals surface area contributed by atoms with Crippen molar-refractivity contribution in [2.45, 2.75) is 18.5 Å². The van der Waals surface area contributed by atoms with Gasteiger partial charge in [-0.1, -0.05) is 164 Å². The second-order valence-electron chi connectivity index (χ2n) is 12.6. The van der Waals surface area contributed by atoms with Crippen molar-refractivity contribution >= 4 is 17.0 Å². The van der Waals surface area contributed by atoms with Crippen molar-refractivity contribution in [1.29, 1.82) is 5.26 Å². The summed E-state index contributed by atoms with van der Waals surface area (Å²) in [4.78, 5) is 5.04. The van der Waals surface area contributed by atoms with Gasteiger partial charge in [0.2, 0.25) is 0 Å². The second kappa shape index (κ2) is 14.8. The van der Waals surface area contributed by atoms with Crippen LogP contribution in [0.4, 0.5) is 0 Å². The molecule has 2 unspecified atom stereocenters. The Morgan fingerprint density at radius 2 is 1.12 bits per heavy atom. The normalized spacial score (nSPS) is 12.4. The molecule has 7 aromatic rings. The highest BCUT2D eigenvalue weighted by atomic mass is 14.8. The number of fused-ring (bicyclic) bond motifs is 1. The van der Waals surface area contributed by atoms with E-state index in [2.05, 4.69) is 128 Å². The smallest absolute Gasteiger partial charge is 0.0991 e. The van der Waals surface area contributed by atoms with E-state index >= 15 is 0 Å². The molecule has 50 heavy (non-hydrogen) atoms. The highest BCUT2D eigenvalue weighted by Crippen LogP contribution is 2.37. The van der Waals surface area contributed by atoms with E-state index in [1.165, 1.54) is 11.1 Å². The maximum atomic E-state index is 9.77. The van der Waals surface area contributed by atoms with Gasteiger partial charge in [0, 0.05) is 12.3 Å². The van der Waals surface area contributed by atoms with Gasteiger partial charge in [-0.25, -0.2) is 0 Å². The summed E-state index contributed by atoms with van der Waals surface area (Å²) in [6.45, 7) is 4.44. The third-order valence-electron chi connectivity index (χ3n) is 9.25. The Morgan fingerprint density at radius 3 is 1.74 bits per heavy atom. The van der Waals surface area contributed by atoms with Crippen LogP contribution in [0.1, 0.15) is 40.8 Å². The molecule has 2 N–H and O–H groups in total. The first-order valence-corrected chi connectivity index (χ1v) is 16.9. The van der Waals surface area contributed by atoms with Crippen molar-refractivity contribution in [1.82, 2.24) is 0 Å². The molecule has 0 aromatic heterocycles. The lowest BCUT2D eigenvalue weighted by Crippen LogP contribution is -2.13. The van der Waals surface area contributed by atoms with Gasteiger partial charge < -0.3 is 5.73 Å². The van der Waals surface area contributed by atoms with Crippen LogP contribution in [0.15, 0.2) is 187 Å². The van der Waals surface area contributed by atoms with Gasteiger partial charge in [-0.2, -0.15) is 5.26 Å². The van der Waals surface area contributed by atoms with Crippen LogP contribution in [0.5, 0.6) is 0 Å². The topological polar surface area (TPSA) is 62.2 Å². The van der Waals surface area contributed by atoms with E-state index in [0.29, 0.717) is 12.0 Å². The minimum atomic E-state index is -0.215. The molecule has 0 fully saturated rings. The van der Waals surface area contributed by atoms with E-state index in [0.717, 1.165) is 55.3 Å². The molecule has 0 saturated carbocycles. The highest BCUT2D eigenvalue weighted by molar-refractivity contribution is 6.05. The average molecular weight is 644 g/mol. The van der Waals surface area contributed by atoms with Gasteiger partial charge in [0.05, 0.1) is 17.7 Å². The zero-order valence-corrected chi connectivity index (χ0v) is 27.8. The Bertz CT molecular complexity index is 2300. The number of nitrogens with zero attached hydrogens (tertiary/aromatic N) is 2. The first kappa shape index (κ1) is 32.2. The van der Waals surface area contributed by atoms with Crippen LogP contribution in [0.2, 0.25) is 0 Å². The Balaban J connectivity index is 1.17. The minimum absolute atomic E-state index is 0.152. The quantitative estimate of drug-likeness (QED) is 0.119. The summed E-state index contributed by atoms with van der Waals surface area (Å²) in [6, 6.07) is 60.2. The van der Waals surface area contributed by atoms with E-state index in [1.54, 1.807) is 0 Å². The molecule has 240 valence electrons. The Hall–Kier alpha value is -6.34. The molecule has 3 heteroatoms. The summed E-state index contributed by atoms with van der Waals surface area (Å²) in [5, 5.41) is 11.9. The van der Waals surface area contributed by atoms with E-state index in [1.807, 2.05) is 60.8 Å². The van der Waals surface area contributed by atoms with Crippen LogP contribution >= 0.6 is 0 Å². The first-order chi connectivity index (χ1) is 24.6. The molecule has 0 aliphatic rings. The summed E-state index contributed by atoms with van der Waals surface area (Å²) in [6.07, 6.45) is 2.56. The maximum absolute atomic E-state index is 9.77. The van der Waals surface area contributed by atoms with E-state index in [9.17, 15) is 5.26 Å². The Labute approximate surface area is 294 Å². The van der Waals surface area contributed by atoms with Crippen LogP contribution in [-0.2, 0) is 0 Å². The number of aliphatic imine (C=N–C) groups is 1. The number of hydrogen-bond acceptors (Lipinski definition) is 3. The van der Waals surface area contributed by atoms with Crippen LogP contribution in [0, 0.1) is 11.3 Å². The summed E-state index contributed by atoms with van der Waals surface area (Å²) >= 11 is 0. The molecule has 7 rings (SSSR count). The van der Waals surface area contributed by atoms with Crippen LogP contribution in [-0.4, -0.2) is 6.21 Å². The molecule has 0 aliphatic heterocycles. The SMILES string of the molecule is C=C(CC(N)c1ccccc1)C(/N=C/c1ccc(-c2ccc(-c3ccc(-c4ccccc4)cc3)c3ccc(C#N)cc23)cc1)c1ccccc1. The van der Waals surface area contributed by atoms with Gasteiger partial charge in [-0.3, -0.25) is 4.99 Å². The van der Waals surface area contributed by atoms with Gasteiger partial charge in [-0.15, -0.1) is 0 Å². The van der Waals surface area contributed by atoms with Crippen molar-refractivity contribution < 1.29 is 0 Å². The minimum Gasteiger partial charge on any atom is -0.324 e. The first-order valence-electron chi connectivity index (χ1n) is 16.9. The van der Waals surface area contributed by atoms with Crippen molar-refractivity contribution in [3.63, 3.8) is 0 Å². The largest absolute Gasteiger partial charge is 0.324 e. The third kappa shape index (κ3) is 7.08. The van der Waals surface area contributed by atoms with Gasteiger partial charge in [-0.05, 0) is 85.0 Å². The molecule has 0 radical (unpaired) electrons. The number of hydrogen-bond donors (Lipinski definition) is 1. The summed E-state index contributed by atoms with van der Waals surface area (Å²) in [5.41, 5.74) is 18.2. The fourth-order valence-electron chi connectivity index (χ4n) is 6.58. The maximum Gasteiger partial charge on any atom is 0.0991 e. The number of nitriles is 1. The van der Waals surface area contributed by atoms with E-state index < -0.39 is 0 Å². The van der Waals surface area contributed by atoms with Crippen LogP contribution in [0.25, 0.3) is 44.2 Å². The standard InChI is InChI=1S/C47H37N3/c1-33(29-46(49)40-13-7-3-8-14-40)47(41-15-9-4-10-16-41)50-32-34-17-20-38(21-18-34)43-28-27-42(44-26-19-35(31-48)30-45(43)44)39-24-22-37(23-25-39)36-11-5-2-6-12-36/h2-28,30,32,46-47H,1,29,49H2/b50-32+. The van der Waals surface area contributed by atoms with Crippen molar-refractivity contribution in [3.8, 4) is 39.4 Å².